The van der Waals surface area contributed by atoms with Crippen LogP contribution in [0, 0.1) is 0 Å². The van der Waals surface area contributed by atoms with E-state index in [1.807, 2.05) is 36.4 Å². The molecule has 0 heterocycles. The van der Waals surface area contributed by atoms with Gasteiger partial charge in [0.15, 0.2) is 0 Å². The zero-order valence-electron chi connectivity index (χ0n) is 9.02. The molecule has 0 aliphatic carbocycles. The Morgan fingerprint density at radius 2 is 1.81 bits per heavy atom. The molecule has 0 atom stereocenters. The Kier molecular flexibility index (Phi) is 5.57. The number of rotatable bonds is 4. The third-order valence-electron chi connectivity index (χ3n) is 1.95. The number of carbonyl (C=O) groups excluding carboxylic acids is 1. The van der Waals surface area contributed by atoms with Crippen molar-refractivity contribution in [2.24, 2.45) is 0 Å². The summed E-state index contributed by atoms with van der Waals surface area (Å²) in [4.78, 5) is 10.9. The Bertz CT molecular complexity index is 391. The largest absolute Gasteiger partial charge is 0.466 e. The highest BCUT2D eigenvalue weighted by molar-refractivity contribution is 9.09. The van der Waals surface area contributed by atoms with E-state index in [-0.39, 0.29) is 5.97 Å². The molecular formula is C13H13BrO2. The van der Waals surface area contributed by atoms with Gasteiger partial charge in [0.25, 0.3) is 0 Å². The van der Waals surface area contributed by atoms with Gasteiger partial charge in [0, 0.05) is 11.4 Å². The Morgan fingerprint density at radius 3 is 2.31 bits per heavy atom. The van der Waals surface area contributed by atoms with Gasteiger partial charge in [-0.1, -0.05) is 52.3 Å². The number of carbonyl (C=O) groups is 1. The van der Waals surface area contributed by atoms with Crippen molar-refractivity contribution in [3.63, 3.8) is 0 Å². The molecule has 0 spiro atoms. The summed E-state index contributed by atoms with van der Waals surface area (Å²) in [5.41, 5.74) is 2.11. The number of ether oxygens (including phenoxy) is 1. The van der Waals surface area contributed by atoms with Crippen molar-refractivity contribution < 1.29 is 9.53 Å². The van der Waals surface area contributed by atoms with Gasteiger partial charge in [0.1, 0.15) is 0 Å². The normalized spacial score (nSPS) is 11.1. The third-order valence-corrected chi connectivity index (χ3v) is 2.32. The molecule has 2 nitrogen and oxygen atoms in total. The maximum Gasteiger partial charge on any atom is 0.330 e. The Balaban J connectivity index is 2.68. The van der Waals surface area contributed by atoms with Crippen LogP contribution in [0.2, 0.25) is 0 Å². The minimum absolute atomic E-state index is 0.344. The molecule has 0 aromatic heterocycles. The van der Waals surface area contributed by atoms with Crippen LogP contribution in [0.4, 0.5) is 0 Å². The highest BCUT2D eigenvalue weighted by Gasteiger charge is 1.92. The maximum atomic E-state index is 10.9. The predicted octanol–water partition coefficient (Wildman–Crippen LogP) is 3.28. The highest BCUT2D eigenvalue weighted by Crippen LogP contribution is 2.08. The topological polar surface area (TPSA) is 26.3 Å². The lowest BCUT2D eigenvalue weighted by Crippen LogP contribution is -1.93. The molecule has 0 aliphatic heterocycles. The second-order valence-corrected chi connectivity index (χ2v) is 3.73. The van der Waals surface area contributed by atoms with E-state index in [1.165, 1.54) is 13.2 Å². The van der Waals surface area contributed by atoms with Gasteiger partial charge in [0.2, 0.25) is 0 Å². The van der Waals surface area contributed by atoms with Crippen molar-refractivity contribution in [2.45, 2.75) is 0 Å². The molecule has 0 saturated carbocycles. The van der Waals surface area contributed by atoms with Gasteiger partial charge in [-0.15, -0.1) is 0 Å². The van der Waals surface area contributed by atoms with Crippen molar-refractivity contribution in [3.8, 4) is 0 Å². The maximum absolute atomic E-state index is 10.9. The zero-order valence-corrected chi connectivity index (χ0v) is 10.6. The van der Waals surface area contributed by atoms with Gasteiger partial charge in [0.05, 0.1) is 7.11 Å². The summed E-state index contributed by atoms with van der Waals surface area (Å²) < 4.78 is 4.51. The van der Waals surface area contributed by atoms with Crippen molar-refractivity contribution in [3.05, 3.63) is 47.5 Å². The Hall–Kier alpha value is -1.35. The summed E-state index contributed by atoms with van der Waals surface area (Å²) in [6, 6.07) is 7.90. The SMILES string of the molecule is COC(=O)/C=C/c1ccc(C=CCBr)cc1. The molecule has 16 heavy (non-hydrogen) atoms. The van der Waals surface area contributed by atoms with Crippen LogP contribution in [-0.2, 0) is 9.53 Å². The standard InChI is InChI=1S/C13H13BrO2/c1-16-13(15)9-8-12-6-4-11(5-7-12)3-2-10-14/h2-9H,10H2,1H3/b3-2?,9-8+. The molecule has 0 amide bonds. The molecule has 0 bridgehead atoms. The summed E-state index contributed by atoms with van der Waals surface area (Å²) >= 11 is 3.32. The fourth-order valence-corrected chi connectivity index (χ4v) is 1.32. The molecule has 0 aliphatic rings. The van der Waals surface area contributed by atoms with Crippen molar-refractivity contribution in [1.29, 1.82) is 0 Å². The molecule has 1 rings (SSSR count). The number of halogens is 1. The van der Waals surface area contributed by atoms with Crippen molar-refractivity contribution in [1.82, 2.24) is 0 Å². The summed E-state index contributed by atoms with van der Waals surface area (Å²) in [5, 5.41) is 0.844. The van der Waals surface area contributed by atoms with E-state index < -0.39 is 0 Å². The van der Waals surface area contributed by atoms with E-state index in [2.05, 4.69) is 20.7 Å². The quantitative estimate of drug-likeness (QED) is 0.481. The van der Waals surface area contributed by atoms with E-state index in [9.17, 15) is 4.79 Å². The lowest BCUT2D eigenvalue weighted by atomic mass is 10.1. The number of hydrogen-bond donors (Lipinski definition) is 0. The Morgan fingerprint density at radius 1 is 1.25 bits per heavy atom. The van der Waals surface area contributed by atoms with Crippen LogP contribution in [0.5, 0.6) is 0 Å². The second kappa shape index (κ2) is 7.01. The molecule has 0 unspecified atom stereocenters. The second-order valence-electron chi connectivity index (χ2n) is 3.08. The van der Waals surface area contributed by atoms with Crippen LogP contribution in [0.15, 0.2) is 36.4 Å². The van der Waals surface area contributed by atoms with Gasteiger partial charge in [-0.2, -0.15) is 0 Å². The smallest absolute Gasteiger partial charge is 0.330 e. The summed E-state index contributed by atoms with van der Waals surface area (Å²) in [6.45, 7) is 0. The first-order valence-corrected chi connectivity index (χ1v) is 5.97. The molecule has 0 saturated heterocycles. The van der Waals surface area contributed by atoms with Gasteiger partial charge < -0.3 is 4.74 Å². The van der Waals surface area contributed by atoms with Gasteiger partial charge in [-0.3, -0.25) is 0 Å². The van der Waals surface area contributed by atoms with Gasteiger partial charge >= 0.3 is 5.97 Å². The Labute approximate surface area is 104 Å². The first kappa shape index (κ1) is 12.7. The number of benzene rings is 1. The van der Waals surface area contributed by atoms with Gasteiger partial charge in [-0.25, -0.2) is 4.79 Å². The summed E-state index contributed by atoms with van der Waals surface area (Å²) in [5.74, 6) is -0.344. The lowest BCUT2D eigenvalue weighted by Gasteiger charge is -1.95. The van der Waals surface area contributed by atoms with Crippen LogP contribution < -0.4 is 0 Å². The highest BCUT2D eigenvalue weighted by atomic mass is 79.9. The minimum atomic E-state index is -0.344. The zero-order chi connectivity index (χ0) is 11.8. The fourth-order valence-electron chi connectivity index (χ4n) is 1.13. The summed E-state index contributed by atoms with van der Waals surface area (Å²) in [6.07, 6.45) is 7.19. The number of methoxy groups -OCH3 is 1. The average Bonchev–Trinajstić information content (AvgIpc) is 2.34. The molecule has 0 radical (unpaired) electrons. The first-order valence-electron chi connectivity index (χ1n) is 4.85. The van der Waals surface area contributed by atoms with E-state index in [0.717, 1.165) is 16.5 Å². The molecule has 1 aromatic carbocycles. The number of hydrogen-bond acceptors (Lipinski definition) is 2. The summed E-state index contributed by atoms with van der Waals surface area (Å²) in [7, 11) is 1.36. The van der Waals surface area contributed by atoms with Crippen LogP contribution in [0.3, 0.4) is 0 Å². The molecule has 3 heteroatoms. The molecule has 84 valence electrons. The van der Waals surface area contributed by atoms with E-state index in [1.54, 1.807) is 6.08 Å². The van der Waals surface area contributed by atoms with E-state index in [0.29, 0.717) is 0 Å². The number of allylic oxidation sites excluding steroid dienone is 1. The average molecular weight is 281 g/mol. The molecule has 0 N–H and O–H groups in total. The van der Waals surface area contributed by atoms with Crippen LogP contribution >= 0.6 is 15.9 Å². The third kappa shape index (κ3) is 4.45. The van der Waals surface area contributed by atoms with Crippen molar-refractivity contribution >= 4 is 34.1 Å². The lowest BCUT2D eigenvalue weighted by molar-refractivity contribution is -0.134. The fraction of sp³-hybridized carbons (Fsp3) is 0.154. The minimum Gasteiger partial charge on any atom is -0.466 e. The van der Waals surface area contributed by atoms with Crippen LogP contribution in [0.1, 0.15) is 11.1 Å². The number of alkyl halides is 1. The first-order chi connectivity index (χ1) is 7.76. The molecular weight excluding hydrogens is 268 g/mol. The number of esters is 1. The molecule has 0 fully saturated rings. The van der Waals surface area contributed by atoms with Crippen LogP contribution in [0.25, 0.3) is 12.2 Å². The monoisotopic (exact) mass is 280 g/mol. The van der Waals surface area contributed by atoms with Crippen LogP contribution in [-0.4, -0.2) is 18.4 Å². The van der Waals surface area contributed by atoms with Gasteiger partial charge in [-0.05, 0) is 17.2 Å². The molecule has 1 aromatic rings. The van der Waals surface area contributed by atoms with E-state index >= 15 is 0 Å². The van der Waals surface area contributed by atoms with Crippen molar-refractivity contribution in [2.75, 3.05) is 12.4 Å². The predicted molar refractivity (Wildman–Crippen MR) is 70.3 cm³/mol. The van der Waals surface area contributed by atoms with E-state index in [4.69, 9.17) is 0 Å².